The van der Waals surface area contributed by atoms with Crippen LogP contribution in [0.4, 0.5) is 4.39 Å². The van der Waals surface area contributed by atoms with Gasteiger partial charge in [0, 0.05) is 17.5 Å². The zero-order valence-electron chi connectivity index (χ0n) is 18.0. The molecule has 9 nitrogen and oxygen atoms in total. The van der Waals surface area contributed by atoms with Gasteiger partial charge < -0.3 is 8.83 Å². The highest BCUT2D eigenvalue weighted by atomic mass is 19.1. The SMILES string of the molecule is Cc1occc1C(=O)N/N=C1\CCCc2oc(C(=O)NNC(=O)c3ccccc3F)c(C)c21. The number of fused-ring (bicyclic) bond motifs is 1. The summed E-state index contributed by atoms with van der Waals surface area (Å²) in [6.45, 7) is 3.37. The Balaban J connectivity index is 1.49. The number of hydrazine groups is 1. The molecule has 0 saturated carbocycles. The number of carbonyl (C=O) groups is 3. The van der Waals surface area contributed by atoms with Gasteiger partial charge in [-0.3, -0.25) is 25.2 Å². The van der Waals surface area contributed by atoms with E-state index >= 15 is 0 Å². The summed E-state index contributed by atoms with van der Waals surface area (Å²) in [5.41, 5.74) is 8.88. The molecule has 33 heavy (non-hydrogen) atoms. The molecular formula is C23H21FN4O5. The average molecular weight is 452 g/mol. The molecule has 2 heterocycles. The predicted octanol–water partition coefficient (Wildman–Crippen LogP) is 3.17. The lowest BCUT2D eigenvalue weighted by atomic mass is 9.93. The highest BCUT2D eigenvalue weighted by Gasteiger charge is 2.28. The maximum Gasteiger partial charge on any atom is 0.305 e. The topological polar surface area (TPSA) is 126 Å². The Bertz CT molecular complexity index is 1270. The summed E-state index contributed by atoms with van der Waals surface area (Å²) in [7, 11) is 0. The van der Waals surface area contributed by atoms with E-state index in [0.29, 0.717) is 46.8 Å². The Labute approximate surface area is 188 Å². The number of aryl methyl sites for hydroxylation is 2. The van der Waals surface area contributed by atoms with Crippen LogP contribution >= 0.6 is 0 Å². The first-order valence-electron chi connectivity index (χ1n) is 10.3. The largest absolute Gasteiger partial charge is 0.469 e. The summed E-state index contributed by atoms with van der Waals surface area (Å²) >= 11 is 0. The van der Waals surface area contributed by atoms with Crippen LogP contribution in [0.15, 0.2) is 50.5 Å². The number of nitrogens with zero attached hydrogens (tertiary/aromatic N) is 1. The monoisotopic (exact) mass is 452 g/mol. The molecule has 0 saturated heterocycles. The number of nitrogens with one attached hydrogen (secondary N) is 3. The second kappa shape index (κ2) is 9.11. The smallest absolute Gasteiger partial charge is 0.305 e. The Morgan fingerprint density at radius 2 is 1.73 bits per heavy atom. The van der Waals surface area contributed by atoms with Gasteiger partial charge in [-0.2, -0.15) is 5.10 Å². The van der Waals surface area contributed by atoms with Crippen LogP contribution in [0, 0.1) is 19.7 Å². The van der Waals surface area contributed by atoms with E-state index < -0.39 is 23.5 Å². The molecule has 1 aliphatic rings. The normalized spacial score (nSPS) is 14.0. The summed E-state index contributed by atoms with van der Waals surface area (Å²) in [4.78, 5) is 37.1. The minimum Gasteiger partial charge on any atom is -0.469 e. The van der Waals surface area contributed by atoms with Crippen molar-refractivity contribution in [2.24, 2.45) is 5.10 Å². The number of halogens is 1. The Morgan fingerprint density at radius 3 is 2.45 bits per heavy atom. The number of amides is 3. The zero-order chi connectivity index (χ0) is 23.5. The van der Waals surface area contributed by atoms with E-state index in [0.717, 1.165) is 12.5 Å². The molecular weight excluding hydrogens is 431 g/mol. The fourth-order valence-corrected chi connectivity index (χ4v) is 3.68. The molecule has 0 spiro atoms. The number of carbonyl (C=O) groups excluding carboxylic acids is 3. The van der Waals surface area contributed by atoms with E-state index in [4.69, 9.17) is 8.83 Å². The van der Waals surface area contributed by atoms with Crippen LogP contribution < -0.4 is 16.3 Å². The third kappa shape index (κ3) is 4.40. The number of benzene rings is 1. The highest BCUT2D eigenvalue weighted by molar-refractivity contribution is 6.07. The third-order valence-corrected chi connectivity index (χ3v) is 5.34. The van der Waals surface area contributed by atoms with Crippen molar-refractivity contribution < 1.29 is 27.6 Å². The van der Waals surface area contributed by atoms with Gasteiger partial charge >= 0.3 is 5.91 Å². The lowest BCUT2D eigenvalue weighted by Crippen LogP contribution is -2.42. The molecule has 0 unspecified atom stereocenters. The van der Waals surface area contributed by atoms with Gasteiger partial charge in [0.15, 0.2) is 5.76 Å². The predicted molar refractivity (Wildman–Crippen MR) is 115 cm³/mol. The molecule has 3 N–H and O–H groups in total. The molecule has 0 fully saturated rings. The van der Waals surface area contributed by atoms with Gasteiger partial charge in [-0.05, 0) is 44.9 Å². The van der Waals surface area contributed by atoms with Crippen LogP contribution in [0.2, 0.25) is 0 Å². The van der Waals surface area contributed by atoms with Crippen LogP contribution in [-0.2, 0) is 6.42 Å². The summed E-state index contributed by atoms with van der Waals surface area (Å²) < 4.78 is 24.6. The summed E-state index contributed by atoms with van der Waals surface area (Å²) in [6.07, 6.45) is 3.33. The Morgan fingerprint density at radius 1 is 0.970 bits per heavy atom. The first-order valence-corrected chi connectivity index (χ1v) is 10.3. The fraction of sp³-hybridized carbons (Fsp3) is 0.217. The first kappa shape index (κ1) is 22.0. The lowest BCUT2D eigenvalue weighted by molar-refractivity contribution is 0.0827. The van der Waals surface area contributed by atoms with Crippen molar-refractivity contribution in [1.29, 1.82) is 0 Å². The molecule has 1 aliphatic carbocycles. The zero-order valence-corrected chi connectivity index (χ0v) is 18.0. The number of hydrogen-bond donors (Lipinski definition) is 3. The van der Waals surface area contributed by atoms with Crippen molar-refractivity contribution in [2.45, 2.75) is 33.1 Å². The summed E-state index contributed by atoms with van der Waals surface area (Å²) in [5.74, 6) is -1.55. The van der Waals surface area contributed by atoms with Crippen molar-refractivity contribution in [3.8, 4) is 0 Å². The average Bonchev–Trinajstić information content (AvgIpc) is 3.39. The number of hydrogen-bond acceptors (Lipinski definition) is 6. The molecule has 1 aromatic carbocycles. The molecule has 3 amide bonds. The van der Waals surface area contributed by atoms with E-state index in [1.165, 1.54) is 24.5 Å². The van der Waals surface area contributed by atoms with Crippen molar-refractivity contribution in [3.63, 3.8) is 0 Å². The Hall–Kier alpha value is -4.21. The van der Waals surface area contributed by atoms with Gasteiger partial charge in [-0.1, -0.05) is 12.1 Å². The van der Waals surface area contributed by atoms with Crippen LogP contribution in [0.25, 0.3) is 0 Å². The van der Waals surface area contributed by atoms with E-state index in [2.05, 4.69) is 21.4 Å². The molecule has 3 aromatic rings. The van der Waals surface area contributed by atoms with Gasteiger partial charge in [-0.15, -0.1) is 0 Å². The third-order valence-electron chi connectivity index (χ3n) is 5.34. The summed E-state index contributed by atoms with van der Waals surface area (Å²) in [6, 6.07) is 6.97. The van der Waals surface area contributed by atoms with Gasteiger partial charge in [0.25, 0.3) is 11.8 Å². The Kier molecular flexibility index (Phi) is 6.07. The van der Waals surface area contributed by atoms with Crippen molar-refractivity contribution in [1.82, 2.24) is 16.3 Å². The molecule has 0 radical (unpaired) electrons. The van der Waals surface area contributed by atoms with Gasteiger partial charge in [0.2, 0.25) is 0 Å². The molecule has 0 bridgehead atoms. The second-order valence-electron chi connectivity index (χ2n) is 7.49. The standard InChI is InChI=1S/C23H21FN4O5/c1-12-19-17(25-26-21(29)14-10-11-32-13(14)2)8-5-9-18(19)33-20(12)23(31)28-27-22(30)15-6-3-4-7-16(15)24/h3-4,6-7,10-11H,5,8-9H2,1-2H3,(H,26,29)(H,27,30)(H,28,31)/b25-17+. The lowest BCUT2D eigenvalue weighted by Gasteiger charge is -2.13. The first-order chi connectivity index (χ1) is 15.9. The van der Waals surface area contributed by atoms with Crippen LogP contribution in [0.5, 0.6) is 0 Å². The molecule has 10 heteroatoms. The highest BCUT2D eigenvalue weighted by Crippen LogP contribution is 2.29. The van der Waals surface area contributed by atoms with E-state index in [-0.39, 0.29) is 11.3 Å². The quantitative estimate of drug-likeness (QED) is 0.524. The van der Waals surface area contributed by atoms with Crippen molar-refractivity contribution in [3.05, 3.63) is 81.9 Å². The van der Waals surface area contributed by atoms with Gasteiger partial charge in [-0.25, -0.2) is 9.82 Å². The second-order valence-corrected chi connectivity index (χ2v) is 7.49. The number of rotatable bonds is 4. The minimum absolute atomic E-state index is 0.000407. The van der Waals surface area contributed by atoms with E-state index in [9.17, 15) is 18.8 Å². The number of hydrazone groups is 1. The van der Waals surface area contributed by atoms with Gasteiger partial charge in [0.1, 0.15) is 17.3 Å². The molecule has 0 aliphatic heterocycles. The van der Waals surface area contributed by atoms with E-state index in [1.807, 2.05) is 0 Å². The minimum atomic E-state index is -0.796. The molecule has 4 rings (SSSR count). The molecule has 170 valence electrons. The number of furan rings is 2. The molecule has 2 aromatic heterocycles. The van der Waals surface area contributed by atoms with Gasteiger partial charge in [0.05, 0.1) is 23.1 Å². The van der Waals surface area contributed by atoms with Crippen molar-refractivity contribution in [2.75, 3.05) is 0 Å². The van der Waals surface area contributed by atoms with Crippen LogP contribution in [0.3, 0.4) is 0 Å². The van der Waals surface area contributed by atoms with Crippen LogP contribution in [0.1, 0.15) is 66.8 Å². The maximum absolute atomic E-state index is 13.8. The maximum atomic E-state index is 13.8. The van der Waals surface area contributed by atoms with E-state index in [1.54, 1.807) is 19.9 Å². The summed E-state index contributed by atoms with van der Waals surface area (Å²) in [5, 5.41) is 4.25. The van der Waals surface area contributed by atoms with Crippen LogP contribution in [-0.4, -0.2) is 23.4 Å². The fourth-order valence-electron chi connectivity index (χ4n) is 3.68. The molecule has 0 atom stereocenters. The van der Waals surface area contributed by atoms with Crippen molar-refractivity contribution >= 4 is 23.4 Å².